The number of aromatic nitrogens is 2. The molecular weight excluding hydrogens is 630 g/mol. The van der Waals surface area contributed by atoms with E-state index in [4.69, 9.17) is 29.8 Å². The van der Waals surface area contributed by atoms with Crippen molar-refractivity contribution >= 4 is 23.2 Å². The maximum atomic E-state index is 14.1. The van der Waals surface area contributed by atoms with Crippen LogP contribution in [0.25, 0.3) is 5.69 Å². The topological polar surface area (TPSA) is 168 Å². The summed E-state index contributed by atoms with van der Waals surface area (Å²) in [6.07, 6.45) is 2.78. The average molecular weight is 680 g/mol. The van der Waals surface area contributed by atoms with Gasteiger partial charge in [-0.3, -0.25) is 19.1 Å². The number of aliphatic hydroxyl groups excluding tert-OH is 1. The summed E-state index contributed by atoms with van der Waals surface area (Å²) in [7, 11) is 1.84. The summed E-state index contributed by atoms with van der Waals surface area (Å²) < 4.78 is 26.8. The maximum absolute atomic E-state index is 14.1. The Bertz CT molecular complexity index is 1600. The average Bonchev–Trinajstić information content (AvgIpc) is 3.32. The van der Waals surface area contributed by atoms with Crippen molar-refractivity contribution in [2.75, 3.05) is 57.2 Å². The SMILES string of the molecule is CCOC1OC(C(=O)NCCCCC(=O)Nc2ccccc2N)=CC(c2c(C)n(C)n(-c3ccccc3)c2=O)C1CCOCCOCCO. The third-order valence-corrected chi connectivity index (χ3v) is 8.43. The van der Waals surface area contributed by atoms with Crippen LogP contribution >= 0.6 is 0 Å². The van der Waals surface area contributed by atoms with Gasteiger partial charge >= 0.3 is 0 Å². The number of nitrogens with zero attached hydrogens (tertiary/aromatic N) is 2. The number of anilines is 2. The monoisotopic (exact) mass is 679 g/mol. The zero-order valence-corrected chi connectivity index (χ0v) is 28.6. The first-order valence-electron chi connectivity index (χ1n) is 16.8. The number of hydrogen-bond acceptors (Lipinski definition) is 9. The fourth-order valence-corrected chi connectivity index (χ4v) is 5.87. The number of carbonyl (C=O) groups is 2. The lowest BCUT2D eigenvalue weighted by molar-refractivity contribution is -0.168. The molecule has 1 aliphatic heterocycles. The molecule has 0 radical (unpaired) electrons. The molecule has 13 heteroatoms. The minimum absolute atomic E-state index is 0.0574. The van der Waals surface area contributed by atoms with Gasteiger partial charge in [0.1, 0.15) is 0 Å². The van der Waals surface area contributed by atoms with E-state index in [1.165, 1.54) is 0 Å². The van der Waals surface area contributed by atoms with Crippen LogP contribution in [0.1, 0.15) is 49.8 Å². The quantitative estimate of drug-likeness (QED) is 0.110. The van der Waals surface area contributed by atoms with Gasteiger partial charge in [0, 0.05) is 56.3 Å². The predicted octanol–water partition coefficient (Wildman–Crippen LogP) is 3.38. The number of nitrogens with one attached hydrogen (secondary N) is 2. The van der Waals surface area contributed by atoms with Gasteiger partial charge in [0.15, 0.2) is 5.76 Å². The van der Waals surface area contributed by atoms with Crippen LogP contribution < -0.4 is 21.9 Å². The molecule has 13 nitrogen and oxygen atoms in total. The van der Waals surface area contributed by atoms with Crippen molar-refractivity contribution in [1.82, 2.24) is 14.7 Å². The number of aliphatic hydroxyl groups is 1. The van der Waals surface area contributed by atoms with Crippen molar-refractivity contribution in [1.29, 1.82) is 0 Å². The molecule has 1 aliphatic rings. The van der Waals surface area contributed by atoms with Gasteiger partial charge in [0.25, 0.3) is 11.5 Å². The molecule has 0 aliphatic carbocycles. The lowest BCUT2D eigenvalue weighted by Gasteiger charge is -2.36. The predicted molar refractivity (Wildman–Crippen MR) is 186 cm³/mol. The van der Waals surface area contributed by atoms with Crippen molar-refractivity contribution in [3.05, 3.63) is 88.0 Å². The molecule has 1 aromatic heterocycles. The molecule has 0 spiro atoms. The van der Waals surface area contributed by atoms with E-state index in [1.807, 2.05) is 55.9 Å². The fraction of sp³-hybridized carbons (Fsp3) is 0.472. The summed E-state index contributed by atoms with van der Waals surface area (Å²) in [6.45, 7) is 5.61. The van der Waals surface area contributed by atoms with Crippen LogP contribution in [0.5, 0.6) is 0 Å². The summed E-state index contributed by atoms with van der Waals surface area (Å²) in [6, 6.07) is 16.5. The normalized spacial score (nSPS) is 17.3. The summed E-state index contributed by atoms with van der Waals surface area (Å²) >= 11 is 0. The standard InChI is InChI=1S/C36H49N5O8/c1-4-48-36-27(17-20-46-22-23-47-21-19-42)28(33-25(2)40(3)41(35(33)45)26-12-6-5-7-13-26)24-31(49-36)34(44)38-18-11-10-16-32(43)39-30-15-9-8-14-29(30)37/h5-9,12-15,24,27-28,36,42H,4,10-11,16-23,37H2,1-3H3,(H,38,44)(H,39,43). The summed E-state index contributed by atoms with van der Waals surface area (Å²) in [5.74, 6) is -1.37. The van der Waals surface area contributed by atoms with Gasteiger partial charge in [-0.05, 0) is 63.5 Å². The molecule has 3 atom stereocenters. The molecule has 0 bridgehead atoms. The van der Waals surface area contributed by atoms with Gasteiger partial charge in [0.2, 0.25) is 12.2 Å². The van der Waals surface area contributed by atoms with Crippen molar-refractivity contribution in [3.8, 4) is 5.69 Å². The molecular formula is C36H49N5O8. The van der Waals surface area contributed by atoms with Gasteiger partial charge in [-0.1, -0.05) is 30.3 Å². The molecule has 266 valence electrons. The Kier molecular flexibility index (Phi) is 14.5. The zero-order valence-electron chi connectivity index (χ0n) is 28.6. The minimum atomic E-state index is -0.812. The highest BCUT2D eigenvalue weighted by Crippen LogP contribution is 2.39. The molecule has 49 heavy (non-hydrogen) atoms. The number of carbonyl (C=O) groups excluding carboxylic acids is 2. The lowest BCUT2D eigenvalue weighted by atomic mass is 9.81. The van der Waals surface area contributed by atoms with E-state index in [2.05, 4.69) is 10.6 Å². The molecule has 3 unspecified atom stereocenters. The van der Waals surface area contributed by atoms with Crippen LogP contribution in [0.2, 0.25) is 0 Å². The van der Waals surface area contributed by atoms with E-state index < -0.39 is 18.1 Å². The smallest absolute Gasteiger partial charge is 0.286 e. The molecule has 0 saturated heterocycles. The number of amides is 2. The van der Waals surface area contributed by atoms with Crippen molar-refractivity contribution < 1.29 is 33.6 Å². The molecule has 2 aromatic carbocycles. The van der Waals surface area contributed by atoms with Crippen LogP contribution in [0.3, 0.4) is 0 Å². The van der Waals surface area contributed by atoms with Crippen molar-refractivity contribution in [2.24, 2.45) is 13.0 Å². The van der Waals surface area contributed by atoms with E-state index >= 15 is 0 Å². The van der Waals surface area contributed by atoms with E-state index in [1.54, 1.807) is 35.0 Å². The van der Waals surface area contributed by atoms with Crippen LogP contribution in [0.4, 0.5) is 11.4 Å². The molecule has 0 fully saturated rings. The summed E-state index contributed by atoms with van der Waals surface area (Å²) in [5.41, 5.74) is 8.81. The second-order valence-electron chi connectivity index (χ2n) is 11.7. The van der Waals surface area contributed by atoms with E-state index in [0.717, 1.165) is 11.4 Å². The van der Waals surface area contributed by atoms with Gasteiger partial charge in [0.05, 0.1) is 43.5 Å². The molecule has 5 N–H and O–H groups in total. The van der Waals surface area contributed by atoms with Crippen LogP contribution in [-0.2, 0) is 35.6 Å². The molecule has 0 saturated carbocycles. The van der Waals surface area contributed by atoms with Crippen LogP contribution in [-0.4, -0.2) is 78.8 Å². The minimum Gasteiger partial charge on any atom is -0.459 e. The van der Waals surface area contributed by atoms with Gasteiger partial charge < -0.3 is 40.4 Å². The number of rotatable bonds is 19. The second kappa shape index (κ2) is 18.9. The Balaban J connectivity index is 1.50. The fourth-order valence-electron chi connectivity index (χ4n) is 5.87. The van der Waals surface area contributed by atoms with Gasteiger partial charge in [-0.2, -0.15) is 0 Å². The molecule has 3 aromatic rings. The van der Waals surface area contributed by atoms with Crippen molar-refractivity contribution in [3.63, 3.8) is 0 Å². The van der Waals surface area contributed by atoms with Gasteiger partial charge in [-0.15, -0.1) is 0 Å². The Morgan fingerprint density at radius 3 is 2.43 bits per heavy atom. The first kappa shape index (κ1) is 37.4. The third kappa shape index (κ3) is 10.0. The molecule has 4 rings (SSSR count). The number of benzene rings is 2. The number of allylic oxidation sites excluding steroid dienone is 1. The number of nitrogen functional groups attached to an aromatic ring is 1. The number of unbranched alkanes of at least 4 members (excludes halogenated alkanes) is 1. The van der Waals surface area contributed by atoms with E-state index in [-0.39, 0.29) is 42.8 Å². The van der Waals surface area contributed by atoms with E-state index in [9.17, 15) is 14.4 Å². The summed E-state index contributed by atoms with van der Waals surface area (Å²) in [4.78, 5) is 40.0. The first-order chi connectivity index (χ1) is 23.8. The number of para-hydroxylation sites is 3. The van der Waals surface area contributed by atoms with Crippen molar-refractivity contribution in [2.45, 2.75) is 51.7 Å². The third-order valence-electron chi connectivity index (χ3n) is 8.43. The molecule has 2 amide bonds. The van der Waals surface area contributed by atoms with E-state index in [0.29, 0.717) is 69.2 Å². The first-order valence-corrected chi connectivity index (χ1v) is 16.8. The number of nitrogens with two attached hydrogens (primary N) is 1. The number of ether oxygens (including phenoxy) is 4. The lowest BCUT2D eigenvalue weighted by Crippen LogP contribution is -2.40. The highest BCUT2D eigenvalue weighted by molar-refractivity contribution is 5.93. The largest absolute Gasteiger partial charge is 0.459 e. The highest BCUT2D eigenvalue weighted by atomic mass is 16.7. The number of hydrogen-bond donors (Lipinski definition) is 4. The van der Waals surface area contributed by atoms with Crippen LogP contribution in [0.15, 0.2) is 71.2 Å². The second-order valence-corrected chi connectivity index (χ2v) is 11.7. The van der Waals surface area contributed by atoms with Gasteiger partial charge in [-0.25, -0.2) is 4.68 Å². The van der Waals surface area contributed by atoms with Crippen LogP contribution in [0, 0.1) is 12.8 Å². The maximum Gasteiger partial charge on any atom is 0.286 e. The highest BCUT2D eigenvalue weighted by Gasteiger charge is 2.41. The summed E-state index contributed by atoms with van der Waals surface area (Å²) in [5, 5.41) is 14.6. The Morgan fingerprint density at radius 2 is 1.71 bits per heavy atom. The molecule has 2 heterocycles. The Hall–Kier alpha value is -4.43. The Morgan fingerprint density at radius 1 is 1.00 bits per heavy atom. The zero-order chi connectivity index (χ0) is 35.2. The Labute approximate surface area is 287 Å².